The number of aryl methyl sites for hydroxylation is 3. The number of nitrogens with one attached hydrogen (secondary N) is 1. The lowest BCUT2D eigenvalue weighted by Crippen LogP contribution is -2.46. The number of anilines is 2. The SMILES string of the molecule is CCN1CCN(c2ccc(NC(=O)CN(C)S(=O)(=O)c3ccc(C)c(C)c3)c(C)c2)CC1. The molecule has 0 spiro atoms. The first-order valence-corrected chi connectivity index (χ1v) is 12.5. The van der Waals surface area contributed by atoms with Gasteiger partial charge in [-0.25, -0.2) is 8.42 Å². The minimum Gasteiger partial charge on any atom is -0.369 e. The van der Waals surface area contributed by atoms with Gasteiger partial charge >= 0.3 is 0 Å². The second kappa shape index (κ2) is 10.0. The number of nitrogens with zero attached hydrogens (tertiary/aromatic N) is 3. The number of hydrogen-bond acceptors (Lipinski definition) is 5. The normalized spacial score (nSPS) is 15.2. The lowest BCUT2D eigenvalue weighted by Gasteiger charge is -2.35. The summed E-state index contributed by atoms with van der Waals surface area (Å²) in [6.45, 7) is 12.8. The molecule has 0 aliphatic carbocycles. The van der Waals surface area contributed by atoms with Crippen LogP contribution in [0.1, 0.15) is 23.6 Å². The Balaban J connectivity index is 1.63. The first-order chi connectivity index (χ1) is 15.1. The average Bonchev–Trinajstić information content (AvgIpc) is 2.77. The summed E-state index contributed by atoms with van der Waals surface area (Å²) >= 11 is 0. The summed E-state index contributed by atoms with van der Waals surface area (Å²) in [6.07, 6.45) is 0. The molecule has 1 N–H and O–H groups in total. The molecule has 1 aliphatic heterocycles. The smallest absolute Gasteiger partial charge is 0.243 e. The average molecular weight is 459 g/mol. The van der Waals surface area contributed by atoms with Crippen LogP contribution < -0.4 is 10.2 Å². The number of piperazine rings is 1. The van der Waals surface area contributed by atoms with E-state index in [9.17, 15) is 13.2 Å². The van der Waals surface area contributed by atoms with Crippen molar-refractivity contribution in [2.45, 2.75) is 32.6 Å². The largest absolute Gasteiger partial charge is 0.369 e. The highest BCUT2D eigenvalue weighted by atomic mass is 32.2. The van der Waals surface area contributed by atoms with E-state index in [1.165, 1.54) is 7.05 Å². The summed E-state index contributed by atoms with van der Waals surface area (Å²) in [6, 6.07) is 11.0. The predicted octanol–water partition coefficient (Wildman–Crippen LogP) is 3.01. The van der Waals surface area contributed by atoms with Crippen LogP contribution in [0.3, 0.4) is 0 Å². The summed E-state index contributed by atoms with van der Waals surface area (Å²) < 4.78 is 26.8. The van der Waals surface area contributed by atoms with Gasteiger partial charge < -0.3 is 15.1 Å². The van der Waals surface area contributed by atoms with Crippen molar-refractivity contribution in [1.29, 1.82) is 0 Å². The molecule has 8 heteroatoms. The summed E-state index contributed by atoms with van der Waals surface area (Å²) in [5.74, 6) is -0.368. The number of amides is 1. The van der Waals surface area contributed by atoms with E-state index in [0.717, 1.165) is 59.4 Å². The lowest BCUT2D eigenvalue weighted by molar-refractivity contribution is -0.116. The van der Waals surface area contributed by atoms with Gasteiger partial charge in [0, 0.05) is 44.6 Å². The molecule has 1 aliphatic rings. The van der Waals surface area contributed by atoms with Gasteiger partial charge in [0.25, 0.3) is 0 Å². The summed E-state index contributed by atoms with van der Waals surface area (Å²) in [5, 5.41) is 2.86. The molecule has 1 fully saturated rings. The van der Waals surface area contributed by atoms with Gasteiger partial charge in [-0.15, -0.1) is 0 Å². The zero-order valence-electron chi connectivity index (χ0n) is 19.7. The maximum absolute atomic E-state index is 12.9. The molecule has 1 amide bonds. The molecule has 0 unspecified atom stereocenters. The van der Waals surface area contributed by atoms with E-state index < -0.39 is 10.0 Å². The van der Waals surface area contributed by atoms with E-state index in [2.05, 4.69) is 28.1 Å². The topological polar surface area (TPSA) is 73.0 Å². The van der Waals surface area contributed by atoms with E-state index in [0.29, 0.717) is 5.69 Å². The third kappa shape index (κ3) is 5.49. The molecule has 0 aromatic heterocycles. The van der Waals surface area contributed by atoms with Crippen molar-refractivity contribution in [3.05, 3.63) is 53.1 Å². The Morgan fingerprint density at radius 2 is 1.66 bits per heavy atom. The Bertz CT molecular complexity index is 1080. The molecule has 2 aromatic rings. The van der Waals surface area contributed by atoms with Crippen LogP contribution in [0.4, 0.5) is 11.4 Å². The monoisotopic (exact) mass is 458 g/mol. The fourth-order valence-electron chi connectivity index (χ4n) is 3.84. The van der Waals surface area contributed by atoms with Gasteiger partial charge in [-0.05, 0) is 74.3 Å². The molecule has 0 radical (unpaired) electrons. The number of sulfonamides is 1. The highest BCUT2D eigenvalue weighted by molar-refractivity contribution is 7.89. The Morgan fingerprint density at radius 1 is 0.969 bits per heavy atom. The zero-order valence-corrected chi connectivity index (χ0v) is 20.5. The highest BCUT2D eigenvalue weighted by Crippen LogP contribution is 2.24. The summed E-state index contributed by atoms with van der Waals surface area (Å²) in [4.78, 5) is 17.6. The van der Waals surface area contributed by atoms with Crippen molar-refractivity contribution < 1.29 is 13.2 Å². The maximum atomic E-state index is 12.9. The highest BCUT2D eigenvalue weighted by Gasteiger charge is 2.24. The van der Waals surface area contributed by atoms with Gasteiger partial charge in [0.05, 0.1) is 11.4 Å². The number of hydrogen-bond donors (Lipinski definition) is 1. The van der Waals surface area contributed by atoms with Crippen LogP contribution in [0.15, 0.2) is 41.3 Å². The zero-order chi connectivity index (χ0) is 23.5. The van der Waals surface area contributed by atoms with Crippen molar-refractivity contribution in [1.82, 2.24) is 9.21 Å². The number of rotatable bonds is 7. The first kappa shape index (κ1) is 24.2. The lowest BCUT2D eigenvalue weighted by atomic mass is 10.1. The van der Waals surface area contributed by atoms with Gasteiger partial charge in [0.2, 0.25) is 15.9 Å². The molecule has 3 rings (SSSR count). The number of carbonyl (C=O) groups is 1. The first-order valence-electron chi connectivity index (χ1n) is 11.0. The molecule has 1 saturated heterocycles. The minimum absolute atomic E-state index is 0.194. The van der Waals surface area contributed by atoms with Crippen LogP contribution in [-0.2, 0) is 14.8 Å². The molecule has 2 aromatic carbocycles. The molecule has 0 saturated carbocycles. The molecule has 1 heterocycles. The Hall–Kier alpha value is -2.42. The molecule has 32 heavy (non-hydrogen) atoms. The van der Waals surface area contributed by atoms with Gasteiger partial charge in [-0.2, -0.15) is 4.31 Å². The van der Waals surface area contributed by atoms with Crippen molar-refractivity contribution in [2.75, 3.05) is 56.5 Å². The Labute approximate surface area is 192 Å². The number of likely N-dealkylation sites (N-methyl/N-ethyl adjacent to an activating group) is 2. The van der Waals surface area contributed by atoms with Crippen LogP contribution in [0.25, 0.3) is 0 Å². The van der Waals surface area contributed by atoms with Gasteiger partial charge in [0.15, 0.2) is 0 Å². The molecule has 174 valence electrons. The second-order valence-electron chi connectivity index (χ2n) is 8.48. The van der Waals surface area contributed by atoms with E-state index in [1.807, 2.05) is 32.9 Å². The van der Waals surface area contributed by atoms with Crippen LogP contribution in [0, 0.1) is 20.8 Å². The van der Waals surface area contributed by atoms with Gasteiger partial charge in [-0.3, -0.25) is 4.79 Å². The van der Waals surface area contributed by atoms with Gasteiger partial charge in [0.1, 0.15) is 0 Å². The number of benzene rings is 2. The summed E-state index contributed by atoms with van der Waals surface area (Å²) in [5.41, 5.74) is 4.72. The molecule has 7 nitrogen and oxygen atoms in total. The van der Waals surface area contributed by atoms with E-state index >= 15 is 0 Å². The van der Waals surface area contributed by atoms with Gasteiger partial charge in [-0.1, -0.05) is 13.0 Å². The van der Waals surface area contributed by atoms with E-state index in [1.54, 1.807) is 18.2 Å². The predicted molar refractivity (Wildman–Crippen MR) is 130 cm³/mol. The van der Waals surface area contributed by atoms with Crippen LogP contribution in [0.2, 0.25) is 0 Å². The fourth-order valence-corrected chi connectivity index (χ4v) is 5.05. The third-order valence-electron chi connectivity index (χ3n) is 6.22. The summed E-state index contributed by atoms with van der Waals surface area (Å²) in [7, 11) is -2.32. The Morgan fingerprint density at radius 3 is 2.25 bits per heavy atom. The third-order valence-corrected chi connectivity index (χ3v) is 8.02. The van der Waals surface area contributed by atoms with E-state index in [-0.39, 0.29) is 17.3 Å². The molecule has 0 atom stereocenters. The van der Waals surface area contributed by atoms with E-state index in [4.69, 9.17) is 0 Å². The van der Waals surface area contributed by atoms with Crippen molar-refractivity contribution in [2.24, 2.45) is 0 Å². The Kier molecular flexibility index (Phi) is 7.59. The minimum atomic E-state index is -3.74. The maximum Gasteiger partial charge on any atom is 0.243 e. The fraction of sp³-hybridized carbons (Fsp3) is 0.458. The molecular weight excluding hydrogens is 424 g/mol. The molecular formula is C24H34N4O3S. The van der Waals surface area contributed by atoms with Crippen molar-refractivity contribution in [3.8, 4) is 0 Å². The van der Waals surface area contributed by atoms with Crippen LogP contribution in [0.5, 0.6) is 0 Å². The quantitative estimate of drug-likeness (QED) is 0.691. The molecule has 0 bridgehead atoms. The standard InChI is InChI=1S/C24H34N4O3S/c1-6-27-11-13-28(14-12-27)21-8-10-23(20(4)15-21)25-24(29)17-26(5)32(30,31)22-9-7-18(2)19(3)16-22/h7-10,15-16H,6,11-14,17H2,1-5H3,(H,25,29). The number of carbonyl (C=O) groups excluding carboxylic acids is 1. The second-order valence-corrected chi connectivity index (χ2v) is 10.5. The van der Waals surface area contributed by atoms with Crippen LogP contribution >= 0.6 is 0 Å². The van der Waals surface area contributed by atoms with Crippen molar-refractivity contribution in [3.63, 3.8) is 0 Å². The van der Waals surface area contributed by atoms with Crippen molar-refractivity contribution >= 4 is 27.3 Å². The van der Waals surface area contributed by atoms with Crippen LogP contribution in [-0.4, -0.2) is 69.8 Å².